The lowest BCUT2D eigenvalue weighted by Gasteiger charge is -2.33. The maximum Gasteiger partial charge on any atom is 0.206 e. The molecular formula is C24H30N4O. The second kappa shape index (κ2) is 9.25. The van der Waals surface area contributed by atoms with Gasteiger partial charge in [-0.1, -0.05) is 60.7 Å². The smallest absolute Gasteiger partial charge is 0.206 e. The van der Waals surface area contributed by atoms with Crippen LogP contribution in [0.2, 0.25) is 0 Å². The largest absolute Gasteiger partial charge is 0.380 e. The van der Waals surface area contributed by atoms with Crippen molar-refractivity contribution in [2.45, 2.75) is 13.5 Å². The fourth-order valence-electron chi connectivity index (χ4n) is 3.89. The number of likely N-dealkylation sites (N-methyl/N-ethyl adjacent to an activating group) is 1. The van der Waals surface area contributed by atoms with E-state index in [9.17, 15) is 0 Å². The van der Waals surface area contributed by atoms with Crippen molar-refractivity contribution in [1.29, 1.82) is 0 Å². The van der Waals surface area contributed by atoms with Gasteiger partial charge in [0.1, 0.15) is 0 Å². The Hall–Kier alpha value is -2.63. The van der Waals surface area contributed by atoms with Crippen LogP contribution in [0.1, 0.15) is 6.92 Å². The highest BCUT2D eigenvalue weighted by Crippen LogP contribution is 2.36. The topological polar surface area (TPSA) is 33.5 Å². The molecule has 3 aromatic rings. The highest BCUT2D eigenvalue weighted by Gasteiger charge is 2.25. The van der Waals surface area contributed by atoms with Crippen molar-refractivity contribution in [3.8, 4) is 22.5 Å². The molecule has 0 radical (unpaired) electrons. The molecule has 0 unspecified atom stereocenters. The van der Waals surface area contributed by atoms with Crippen molar-refractivity contribution in [3.63, 3.8) is 0 Å². The lowest BCUT2D eigenvalue weighted by molar-refractivity contribution is 0.139. The average Bonchev–Trinajstić information content (AvgIpc) is 3.15. The van der Waals surface area contributed by atoms with E-state index < -0.39 is 0 Å². The minimum Gasteiger partial charge on any atom is -0.380 e. The summed E-state index contributed by atoms with van der Waals surface area (Å²) in [5.41, 5.74) is 4.56. The molecule has 0 atom stereocenters. The van der Waals surface area contributed by atoms with Crippen LogP contribution in [-0.2, 0) is 11.3 Å². The van der Waals surface area contributed by atoms with Crippen molar-refractivity contribution in [2.75, 3.05) is 51.3 Å². The van der Waals surface area contributed by atoms with Crippen LogP contribution >= 0.6 is 0 Å². The first kappa shape index (κ1) is 19.7. The molecule has 0 spiro atoms. The first-order chi connectivity index (χ1) is 14.3. The number of ether oxygens (including phenoxy) is 1. The average molecular weight is 391 g/mol. The van der Waals surface area contributed by atoms with Gasteiger partial charge in [-0.25, -0.2) is 4.98 Å². The fourth-order valence-corrected chi connectivity index (χ4v) is 3.89. The first-order valence-corrected chi connectivity index (χ1v) is 10.5. The predicted molar refractivity (Wildman–Crippen MR) is 119 cm³/mol. The Labute approximate surface area is 173 Å². The summed E-state index contributed by atoms with van der Waals surface area (Å²) in [4.78, 5) is 10.00. The third kappa shape index (κ3) is 4.36. The standard InChI is InChI=1S/C24H30N4O/c1-3-29-19-18-28-23(21-12-8-5-9-13-21)22(20-10-6-4-7-11-20)25-24(28)27-16-14-26(2)15-17-27/h4-13H,3,14-19H2,1-2H3. The third-order valence-electron chi connectivity index (χ3n) is 5.49. The molecule has 0 N–H and O–H groups in total. The number of anilines is 1. The van der Waals surface area contributed by atoms with Crippen molar-refractivity contribution in [3.05, 3.63) is 60.7 Å². The summed E-state index contributed by atoms with van der Waals surface area (Å²) in [6.45, 7) is 8.34. The molecule has 1 fully saturated rings. The Morgan fingerprint density at radius 3 is 2.10 bits per heavy atom. The van der Waals surface area contributed by atoms with Crippen LogP contribution < -0.4 is 4.90 Å². The van der Waals surface area contributed by atoms with Crippen LogP contribution in [-0.4, -0.2) is 60.9 Å². The van der Waals surface area contributed by atoms with E-state index in [1.165, 1.54) is 11.3 Å². The molecule has 29 heavy (non-hydrogen) atoms. The fraction of sp³-hybridized carbons (Fsp3) is 0.375. The van der Waals surface area contributed by atoms with E-state index in [0.717, 1.165) is 56.5 Å². The molecule has 4 rings (SSSR count). The van der Waals surface area contributed by atoms with Gasteiger partial charge in [-0.3, -0.25) is 0 Å². The number of aromatic nitrogens is 2. The van der Waals surface area contributed by atoms with Gasteiger partial charge in [-0.05, 0) is 14.0 Å². The van der Waals surface area contributed by atoms with Gasteiger partial charge in [-0.2, -0.15) is 0 Å². The van der Waals surface area contributed by atoms with Crippen LogP contribution in [0.15, 0.2) is 60.7 Å². The zero-order chi connectivity index (χ0) is 20.1. The van der Waals surface area contributed by atoms with Crippen LogP contribution in [0, 0.1) is 0 Å². The number of hydrogen-bond donors (Lipinski definition) is 0. The Morgan fingerprint density at radius 2 is 1.48 bits per heavy atom. The van der Waals surface area contributed by atoms with Gasteiger partial charge in [-0.15, -0.1) is 0 Å². The molecule has 152 valence electrons. The van der Waals surface area contributed by atoms with E-state index in [2.05, 4.69) is 82.1 Å². The van der Waals surface area contributed by atoms with Gasteiger partial charge in [0.25, 0.3) is 0 Å². The first-order valence-electron chi connectivity index (χ1n) is 10.5. The molecule has 2 aromatic carbocycles. The van der Waals surface area contributed by atoms with Crippen LogP contribution in [0.3, 0.4) is 0 Å². The summed E-state index contributed by atoms with van der Waals surface area (Å²) in [6.07, 6.45) is 0. The number of imidazole rings is 1. The van der Waals surface area contributed by atoms with Crippen molar-refractivity contribution >= 4 is 5.95 Å². The summed E-state index contributed by atoms with van der Waals surface area (Å²) >= 11 is 0. The van der Waals surface area contributed by atoms with Crippen molar-refractivity contribution in [2.24, 2.45) is 0 Å². The van der Waals surface area contributed by atoms with E-state index in [1.54, 1.807) is 0 Å². The van der Waals surface area contributed by atoms with Crippen molar-refractivity contribution < 1.29 is 4.74 Å². The van der Waals surface area contributed by atoms with Gasteiger partial charge in [0.05, 0.1) is 18.0 Å². The third-order valence-corrected chi connectivity index (χ3v) is 5.49. The SMILES string of the molecule is CCOCCn1c(N2CCN(C)CC2)nc(-c2ccccc2)c1-c1ccccc1. The molecule has 1 saturated heterocycles. The second-order valence-corrected chi connectivity index (χ2v) is 7.48. The lowest BCUT2D eigenvalue weighted by atomic mass is 10.0. The highest BCUT2D eigenvalue weighted by molar-refractivity contribution is 5.81. The van der Waals surface area contributed by atoms with Gasteiger partial charge in [0.15, 0.2) is 0 Å². The lowest BCUT2D eigenvalue weighted by Crippen LogP contribution is -2.45. The summed E-state index contributed by atoms with van der Waals surface area (Å²) in [5, 5.41) is 0. The van der Waals surface area contributed by atoms with Gasteiger partial charge < -0.3 is 19.1 Å². The summed E-state index contributed by atoms with van der Waals surface area (Å²) in [7, 11) is 2.18. The van der Waals surface area contributed by atoms with E-state index in [1.807, 2.05) is 6.92 Å². The minimum absolute atomic E-state index is 0.682. The predicted octanol–water partition coefficient (Wildman–Crippen LogP) is 4.01. The van der Waals surface area contributed by atoms with Crippen LogP contribution in [0.5, 0.6) is 0 Å². The summed E-state index contributed by atoms with van der Waals surface area (Å²) in [5.74, 6) is 1.05. The summed E-state index contributed by atoms with van der Waals surface area (Å²) in [6, 6.07) is 21.1. The van der Waals surface area contributed by atoms with Crippen LogP contribution in [0.4, 0.5) is 5.95 Å². The number of hydrogen-bond acceptors (Lipinski definition) is 4. The van der Waals surface area contributed by atoms with E-state index in [0.29, 0.717) is 6.61 Å². The second-order valence-electron chi connectivity index (χ2n) is 7.48. The van der Waals surface area contributed by atoms with Gasteiger partial charge >= 0.3 is 0 Å². The van der Waals surface area contributed by atoms with Gasteiger partial charge in [0, 0.05) is 50.5 Å². The zero-order valence-electron chi connectivity index (χ0n) is 17.4. The molecule has 5 heteroatoms. The van der Waals surface area contributed by atoms with Crippen LogP contribution in [0.25, 0.3) is 22.5 Å². The molecule has 0 saturated carbocycles. The Balaban J connectivity index is 1.84. The normalized spacial score (nSPS) is 15.0. The maximum absolute atomic E-state index is 5.73. The van der Waals surface area contributed by atoms with E-state index in [4.69, 9.17) is 9.72 Å². The molecule has 2 heterocycles. The highest BCUT2D eigenvalue weighted by atomic mass is 16.5. The summed E-state index contributed by atoms with van der Waals surface area (Å²) < 4.78 is 8.09. The zero-order valence-corrected chi connectivity index (χ0v) is 17.4. The molecule has 1 aliphatic rings. The molecule has 1 aromatic heterocycles. The monoisotopic (exact) mass is 390 g/mol. The van der Waals surface area contributed by atoms with Gasteiger partial charge in [0.2, 0.25) is 5.95 Å². The molecule has 5 nitrogen and oxygen atoms in total. The van der Waals surface area contributed by atoms with E-state index >= 15 is 0 Å². The Kier molecular flexibility index (Phi) is 6.27. The van der Waals surface area contributed by atoms with Crippen molar-refractivity contribution in [1.82, 2.24) is 14.5 Å². The number of rotatable bonds is 7. The van der Waals surface area contributed by atoms with E-state index in [-0.39, 0.29) is 0 Å². The molecular weight excluding hydrogens is 360 g/mol. The molecule has 0 bridgehead atoms. The number of benzene rings is 2. The maximum atomic E-state index is 5.73. The Bertz CT molecular complexity index is 899. The molecule has 0 amide bonds. The Morgan fingerprint density at radius 1 is 0.862 bits per heavy atom. The minimum atomic E-state index is 0.682. The number of nitrogens with zero attached hydrogens (tertiary/aromatic N) is 4. The number of piperazine rings is 1. The quantitative estimate of drug-likeness (QED) is 0.571. The molecule has 0 aliphatic carbocycles. The molecule has 1 aliphatic heterocycles.